The van der Waals surface area contributed by atoms with E-state index in [0.29, 0.717) is 0 Å². The largest absolute Gasteiger partial charge is 0.314 e. The molecule has 2 nitrogen and oxygen atoms in total. The molecule has 0 aromatic heterocycles. The lowest BCUT2D eigenvalue weighted by molar-refractivity contribution is 0.0757. The van der Waals surface area contributed by atoms with Gasteiger partial charge in [-0.25, -0.2) is 4.39 Å². The zero-order valence-electron chi connectivity index (χ0n) is 10.8. The van der Waals surface area contributed by atoms with Gasteiger partial charge in [-0.1, -0.05) is 25.0 Å². The van der Waals surface area contributed by atoms with Gasteiger partial charge >= 0.3 is 0 Å². The van der Waals surface area contributed by atoms with E-state index in [2.05, 4.69) is 10.2 Å². The topological polar surface area (TPSA) is 15.3 Å². The first kappa shape index (κ1) is 12.1. The third-order valence-corrected chi connectivity index (χ3v) is 4.53. The molecule has 0 unspecified atom stereocenters. The molecule has 1 N–H and O–H groups in total. The predicted molar refractivity (Wildman–Crippen MR) is 71.0 cm³/mol. The van der Waals surface area contributed by atoms with E-state index in [1.54, 1.807) is 12.1 Å². The standard InChI is InChI=1S/C15H21FN2/c16-14-5-3-13(4-6-14)15(7-1-2-8-15)18-11-9-17-10-12-18/h3-6,17H,1-2,7-12H2. The molecule has 0 radical (unpaired) electrons. The Kier molecular flexibility index (Phi) is 3.35. The number of nitrogens with zero attached hydrogens (tertiary/aromatic N) is 1. The van der Waals surface area contributed by atoms with Crippen molar-refractivity contribution in [1.29, 1.82) is 0 Å². The fraction of sp³-hybridized carbons (Fsp3) is 0.600. The maximum absolute atomic E-state index is 13.1. The zero-order valence-corrected chi connectivity index (χ0v) is 10.8. The quantitative estimate of drug-likeness (QED) is 0.865. The van der Waals surface area contributed by atoms with E-state index in [1.165, 1.54) is 31.2 Å². The van der Waals surface area contributed by atoms with Crippen molar-refractivity contribution >= 4 is 0 Å². The summed E-state index contributed by atoms with van der Waals surface area (Å²) < 4.78 is 13.1. The Morgan fingerprint density at radius 2 is 1.61 bits per heavy atom. The van der Waals surface area contributed by atoms with E-state index in [4.69, 9.17) is 0 Å². The van der Waals surface area contributed by atoms with Gasteiger partial charge in [0.25, 0.3) is 0 Å². The first-order valence-corrected chi connectivity index (χ1v) is 7.03. The third kappa shape index (κ3) is 2.06. The number of rotatable bonds is 2. The summed E-state index contributed by atoms with van der Waals surface area (Å²) >= 11 is 0. The highest BCUT2D eigenvalue weighted by atomic mass is 19.1. The van der Waals surface area contributed by atoms with Gasteiger partial charge in [-0.15, -0.1) is 0 Å². The number of nitrogens with one attached hydrogen (secondary N) is 1. The number of halogens is 1. The molecule has 1 saturated heterocycles. The molecule has 0 amide bonds. The smallest absolute Gasteiger partial charge is 0.123 e. The van der Waals surface area contributed by atoms with E-state index in [-0.39, 0.29) is 11.4 Å². The Morgan fingerprint density at radius 1 is 1.00 bits per heavy atom. The van der Waals surface area contributed by atoms with Crippen molar-refractivity contribution in [2.75, 3.05) is 26.2 Å². The van der Waals surface area contributed by atoms with Crippen LogP contribution in [0.25, 0.3) is 0 Å². The van der Waals surface area contributed by atoms with E-state index in [1.807, 2.05) is 12.1 Å². The Balaban J connectivity index is 1.92. The average molecular weight is 248 g/mol. The second-order valence-corrected chi connectivity index (χ2v) is 5.48. The van der Waals surface area contributed by atoms with Crippen molar-refractivity contribution in [1.82, 2.24) is 10.2 Å². The minimum Gasteiger partial charge on any atom is -0.314 e. The first-order valence-electron chi connectivity index (χ1n) is 7.03. The van der Waals surface area contributed by atoms with Crippen molar-refractivity contribution in [3.63, 3.8) is 0 Å². The molecular weight excluding hydrogens is 227 g/mol. The number of hydrogen-bond acceptors (Lipinski definition) is 2. The van der Waals surface area contributed by atoms with Gasteiger partial charge in [0.2, 0.25) is 0 Å². The van der Waals surface area contributed by atoms with Crippen molar-refractivity contribution in [3.05, 3.63) is 35.6 Å². The molecule has 3 rings (SSSR count). The molecule has 1 aliphatic carbocycles. The summed E-state index contributed by atoms with van der Waals surface area (Å²) in [6.07, 6.45) is 5.03. The van der Waals surface area contributed by atoms with E-state index in [9.17, 15) is 4.39 Å². The Labute approximate surface area is 108 Å². The van der Waals surface area contributed by atoms with Crippen molar-refractivity contribution in [2.45, 2.75) is 31.2 Å². The summed E-state index contributed by atoms with van der Waals surface area (Å²) in [4.78, 5) is 2.61. The molecule has 1 aromatic carbocycles. The summed E-state index contributed by atoms with van der Waals surface area (Å²) in [5.74, 6) is -0.132. The summed E-state index contributed by atoms with van der Waals surface area (Å²) in [5.41, 5.74) is 1.49. The maximum atomic E-state index is 13.1. The Hall–Kier alpha value is -0.930. The minimum atomic E-state index is -0.132. The molecule has 2 fully saturated rings. The molecule has 0 spiro atoms. The fourth-order valence-electron chi connectivity index (χ4n) is 3.60. The van der Waals surface area contributed by atoms with Crippen LogP contribution in [0.15, 0.2) is 24.3 Å². The number of piperazine rings is 1. The van der Waals surface area contributed by atoms with Crippen LogP contribution in [-0.4, -0.2) is 31.1 Å². The van der Waals surface area contributed by atoms with Gasteiger partial charge in [0.15, 0.2) is 0 Å². The molecule has 3 heteroatoms. The van der Waals surface area contributed by atoms with Gasteiger partial charge < -0.3 is 5.32 Å². The molecule has 18 heavy (non-hydrogen) atoms. The summed E-state index contributed by atoms with van der Waals surface area (Å²) in [6, 6.07) is 7.20. The maximum Gasteiger partial charge on any atom is 0.123 e. The molecule has 1 aromatic rings. The molecule has 0 atom stereocenters. The lowest BCUT2D eigenvalue weighted by Crippen LogP contribution is -2.53. The van der Waals surface area contributed by atoms with Crippen LogP contribution in [0.4, 0.5) is 4.39 Å². The SMILES string of the molecule is Fc1ccc(C2(N3CCNCC3)CCCC2)cc1. The minimum absolute atomic E-state index is 0.132. The van der Waals surface area contributed by atoms with Gasteiger partial charge in [-0.05, 0) is 30.5 Å². The number of benzene rings is 1. The van der Waals surface area contributed by atoms with Crippen LogP contribution >= 0.6 is 0 Å². The molecule has 0 bridgehead atoms. The molecule has 1 heterocycles. The lowest BCUT2D eigenvalue weighted by atomic mass is 9.85. The van der Waals surface area contributed by atoms with Gasteiger partial charge in [0.1, 0.15) is 5.82 Å². The van der Waals surface area contributed by atoms with Crippen LogP contribution < -0.4 is 5.32 Å². The highest BCUT2D eigenvalue weighted by molar-refractivity contribution is 5.27. The Morgan fingerprint density at radius 3 is 2.22 bits per heavy atom. The molecular formula is C15H21FN2. The molecule has 98 valence electrons. The summed E-state index contributed by atoms with van der Waals surface area (Å²) in [7, 11) is 0. The van der Waals surface area contributed by atoms with Crippen LogP contribution in [0.2, 0.25) is 0 Å². The second kappa shape index (κ2) is 4.98. The zero-order chi connectivity index (χ0) is 12.4. The van der Waals surface area contributed by atoms with E-state index in [0.717, 1.165) is 26.2 Å². The van der Waals surface area contributed by atoms with Crippen LogP contribution in [0, 0.1) is 5.82 Å². The molecule has 1 aliphatic heterocycles. The highest BCUT2D eigenvalue weighted by Gasteiger charge is 2.41. The van der Waals surface area contributed by atoms with Crippen molar-refractivity contribution in [3.8, 4) is 0 Å². The summed E-state index contributed by atoms with van der Waals surface area (Å²) in [6.45, 7) is 4.36. The summed E-state index contributed by atoms with van der Waals surface area (Å²) in [5, 5.41) is 3.41. The van der Waals surface area contributed by atoms with E-state index >= 15 is 0 Å². The third-order valence-electron chi connectivity index (χ3n) is 4.53. The van der Waals surface area contributed by atoms with Gasteiger partial charge in [0, 0.05) is 31.7 Å². The molecule has 1 saturated carbocycles. The molecule has 2 aliphatic rings. The second-order valence-electron chi connectivity index (χ2n) is 5.48. The number of hydrogen-bond donors (Lipinski definition) is 1. The van der Waals surface area contributed by atoms with Crippen LogP contribution in [0.5, 0.6) is 0 Å². The van der Waals surface area contributed by atoms with Crippen LogP contribution in [0.3, 0.4) is 0 Å². The normalized spacial score (nSPS) is 24.3. The predicted octanol–water partition coefficient (Wildman–Crippen LogP) is 2.50. The van der Waals surface area contributed by atoms with E-state index < -0.39 is 0 Å². The van der Waals surface area contributed by atoms with Gasteiger partial charge in [-0.3, -0.25) is 4.90 Å². The lowest BCUT2D eigenvalue weighted by Gasteiger charge is -2.44. The first-order chi connectivity index (χ1) is 8.81. The monoisotopic (exact) mass is 248 g/mol. The van der Waals surface area contributed by atoms with Gasteiger partial charge in [0.05, 0.1) is 0 Å². The highest BCUT2D eigenvalue weighted by Crippen LogP contribution is 2.43. The van der Waals surface area contributed by atoms with Crippen molar-refractivity contribution < 1.29 is 4.39 Å². The van der Waals surface area contributed by atoms with Crippen LogP contribution in [-0.2, 0) is 5.54 Å². The average Bonchev–Trinajstić information content (AvgIpc) is 2.91. The van der Waals surface area contributed by atoms with Crippen LogP contribution in [0.1, 0.15) is 31.2 Å². The fourth-order valence-corrected chi connectivity index (χ4v) is 3.60. The van der Waals surface area contributed by atoms with Crippen molar-refractivity contribution in [2.24, 2.45) is 0 Å². The Bertz CT molecular complexity index is 389. The van der Waals surface area contributed by atoms with Gasteiger partial charge in [-0.2, -0.15) is 0 Å².